The molecule has 2 aromatic carbocycles. The molecule has 0 radical (unpaired) electrons. The van der Waals surface area contributed by atoms with Crippen molar-refractivity contribution in [3.05, 3.63) is 80.5 Å². The van der Waals surface area contributed by atoms with E-state index in [0.717, 1.165) is 58.3 Å². The fraction of sp³-hybridized carbons (Fsp3) is 0.259. The van der Waals surface area contributed by atoms with Crippen LogP contribution in [-0.2, 0) is 17.6 Å². The Balaban J connectivity index is 1.43. The number of thiophene rings is 1. The lowest BCUT2D eigenvalue weighted by Crippen LogP contribution is -2.24. The zero-order chi connectivity index (χ0) is 25.2. The van der Waals surface area contributed by atoms with E-state index >= 15 is 0 Å². The van der Waals surface area contributed by atoms with Crippen molar-refractivity contribution in [3.63, 3.8) is 0 Å². The zero-order valence-electron chi connectivity index (χ0n) is 20.1. The molecule has 0 bridgehead atoms. The van der Waals surface area contributed by atoms with Crippen molar-refractivity contribution in [1.82, 2.24) is 15.0 Å². The van der Waals surface area contributed by atoms with Gasteiger partial charge in [0.1, 0.15) is 10.6 Å². The van der Waals surface area contributed by atoms with Crippen LogP contribution >= 0.6 is 23.1 Å². The highest BCUT2D eigenvalue weighted by atomic mass is 32.2. The maximum atomic E-state index is 13.8. The van der Waals surface area contributed by atoms with Crippen LogP contribution in [0.4, 0.5) is 0 Å². The summed E-state index contributed by atoms with van der Waals surface area (Å²) in [7, 11) is 0. The quantitative estimate of drug-likeness (QED) is 0.163. The van der Waals surface area contributed by atoms with Crippen LogP contribution in [0.3, 0.4) is 0 Å². The van der Waals surface area contributed by atoms with Crippen LogP contribution in [0.25, 0.3) is 15.9 Å². The molecular formula is C27H26N4O3S2. The summed E-state index contributed by atoms with van der Waals surface area (Å²) in [6, 6.07) is 14.4. The topological polar surface area (TPSA) is 96.6 Å². The van der Waals surface area contributed by atoms with E-state index in [-0.39, 0.29) is 23.0 Å². The number of thioether (sulfide) groups is 1. The number of aryl methyl sites for hydroxylation is 3. The van der Waals surface area contributed by atoms with Gasteiger partial charge in [-0.25, -0.2) is 10.4 Å². The van der Waals surface area contributed by atoms with Gasteiger partial charge in [0.25, 0.3) is 11.5 Å². The average molecular weight is 519 g/mol. The highest BCUT2D eigenvalue weighted by Crippen LogP contribution is 2.35. The predicted octanol–water partition coefficient (Wildman–Crippen LogP) is 4.97. The van der Waals surface area contributed by atoms with Crippen molar-refractivity contribution in [2.24, 2.45) is 5.10 Å². The van der Waals surface area contributed by atoms with E-state index in [1.54, 1.807) is 47.1 Å². The van der Waals surface area contributed by atoms with Gasteiger partial charge >= 0.3 is 0 Å². The number of phenolic OH excluding ortho intramolecular Hbond substituents is 1. The first kappa shape index (κ1) is 24.3. The molecule has 0 saturated carbocycles. The lowest BCUT2D eigenvalue weighted by atomic mass is 9.97. The van der Waals surface area contributed by atoms with Crippen LogP contribution < -0.4 is 11.0 Å². The maximum absolute atomic E-state index is 13.8. The number of nitrogens with zero attached hydrogens (tertiary/aromatic N) is 3. The van der Waals surface area contributed by atoms with Crippen LogP contribution in [0.15, 0.2) is 63.6 Å². The van der Waals surface area contributed by atoms with Crippen molar-refractivity contribution in [2.45, 2.75) is 44.7 Å². The number of hydrogen-bond acceptors (Lipinski definition) is 7. The summed E-state index contributed by atoms with van der Waals surface area (Å²) in [4.78, 5) is 33.3. The molecule has 0 unspecified atom stereocenters. The number of hydrogen-bond donors (Lipinski definition) is 2. The summed E-state index contributed by atoms with van der Waals surface area (Å²) in [6.45, 7) is 3.78. The Morgan fingerprint density at radius 2 is 1.86 bits per heavy atom. The first-order valence-corrected chi connectivity index (χ1v) is 13.6. The van der Waals surface area contributed by atoms with E-state index in [9.17, 15) is 14.7 Å². The molecule has 0 saturated heterocycles. The Kier molecular flexibility index (Phi) is 6.93. The minimum Gasteiger partial charge on any atom is -0.508 e. The lowest BCUT2D eigenvalue weighted by Gasteiger charge is -2.13. The SMILES string of the molecule is C/C(=N/NC(=O)CSc1nc2sc3c(c2c(=O)n1-c1ccc(C)cc1)CCCC3)c1ccc(O)cc1. The first-order valence-electron chi connectivity index (χ1n) is 11.8. The number of carbonyl (C=O) groups is 1. The molecule has 2 heterocycles. The third kappa shape index (κ3) is 4.94. The number of carbonyl (C=O) groups excluding carboxylic acids is 1. The molecule has 1 aliphatic rings. The van der Waals surface area contributed by atoms with E-state index in [0.29, 0.717) is 10.9 Å². The fourth-order valence-corrected chi connectivity index (χ4v) is 6.39. The number of aromatic nitrogens is 2. The second-order valence-electron chi connectivity index (χ2n) is 8.83. The van der Waals surface area contributed by atoms with E-state index < -0.39 is 0 Å². The fourth-order valence-electron chi connectivity index (χ4n) is 4.28. The van der Waals surface area contributed by atoms with Gasteiger partial charge in [-0.05, 0) is 87.1 Å². The highest BCUT2D eigenvalue weighted by Gasteiger charge is 2.23. The Labute approximate surface area is 216 Å². The summed E-state index contributed by atoms with van der Waals surface area (Å²) in [5.41, 5.74) is 6.90. The number of benzene rings is 2. The van der Waals surface area contributed by atoms with Gasteiger partial charge < -0.3 is 5.11 Å². The number of hydrazone groups is 1. The Morgan fingerprint density at radius 1 is 1.14 bits per heavy atom. The van der Waals surface area contributed by atoms with Gasteiger partial charge in [0.2, 0.25) is 0 Å². The molecule has 9 heteroatoms. The summed E-state index contributed by atoms with van der Waals surface area (Å²) in [5.74, 6) is -0.0718. The van der Waals surface area contributed by atoms with Crippen molar-refractivity contribution in [3.8, 4) is 11.4 Å². The van der Waals surface area contributed by atoms with Gasteiger partial charge in [0, 0.05) is 4.88 Å². The number of aromatic hydroxyl groups is 1. The largest absolute Gasteiger partial charge is 0.508 e. The number of amides is 1. The van der Waals surface area contributed by atoms with E-state index in [4.69, 9.17) is 4.98 Å². The number of phenols is 1. The molecule has 2 aromatic heterocycles. The second-order valence-corrected chi connectivity index (χ2v) is 10.9. The van der Waals surface area contributed by atoms with Gasteiger partial charge in [-0.2, -0.15) is 5.10 Å². The lowest BCUT2D eigenvalue weighted by molar-refractivity contribution is -0.118. The molecule has 0 fully saturated rings. The Bertz CT molecular complexity index is 1520. The monoisotopic (exact) mass is 518 g/mol. The van der Waals surface area contributed by atoms with Crippen molar-refractivity contribution < 1.29 is 9.90 Å². The van der Waals surface area contributed by atoms with Gasteiger partial charge in [0.05, 0.1) is 22.5 Å². The summed E-state index contributed by atoms with van der Waals surface area (Å²) < 4.78 is 1.63. The molecular weight excluding hydrogens is 492 g/mol. The molecule has 184 valence electrons. The molecule has 0 aliphatic heterocycles. The number of rotatable bonds is 6. The first-order chi connectivity index (χ1) is 17.4. The van der Waals surface area contributed by atoms with Crippen molar-refractivity contribution in [2.75, 3.05) is 5.75 Å². The number of nitrogens with one attached hydrogen (secondary N) is 1. The summed E-state index contributed by atoms with van der Waals surface area (Å²) >= 11 is 2.83. The molecule has 4 aromatic rings. The van der Waals surface area contributed by atoms with Crippen LogP contribution in [-0.4, -0.2) is 32.0 Å². The number of fused-ring (bicyclic) bond motifs is 3. The second kappa shape index (κ2) is 10.3. The zero-order valence-corrected chi connectivity index (χ0v) is 21.7. The van der Waals surface area contributed by atoms with Crippen LogP contribution in [0.5, 0.6) is 5.75 Å². The van der Waals surface area contributed by atoms with E-state index in [1.165, 1.54) is 16.6 Å². The van der Waals surface area contributed by atoms with E-state index in [2.05, 4.69) is 10.5 Å². The highest BCUT2D eigenvalue weighted by molar-refractivity contribution is 7.99. The maximum Gasteiger partial charge on any atom is 0.267 e. The third-order valence-electron chi connectivity index (χ3n) is 6.22. The van der Waals surface area contributed by atoms with Crippen LogP contribution in [0.1, 0.15) is 41.3 Å². The van der Waals surface area contributed by atoms with Crippen molar-refractivity contribution in [1.29, 1.82) is 0 Å². The molecule has 2 N–H and O–H groups in total. The summed E-state index contributed by atoms with van der Waals surface area (Å²) in [5, 5.41) is 14.8. The molecule has 5 rings (SSSR count). The summed E-state index contributed by atoms with van der Waals surface area (Å²) in [6.07, 6.45) is 4.12. The van der Waals surface area contributed by atoms with Gasteiger partial charge in [0.15, 0.2) is 5.16 Å². The normalized spacial score (nSPS) is 13.6. The van der Waals surface area contributed by atoms with Crippen LogP contribution in [0.2, 0.25) is 0 Å². The smallest absolute Gasteiger partial charge is 0.267 e. The molecule has 36 heavy (non-hydrogen) atoms. The van der Waals surface area contributed by atoms with Crippen molar-refractivity contribution >= 4 is 44.9 Å². The molecule has 1 aliphatic carbocycles. The van der Waals surface area contributed by atoms with Gasteiger partial charge in [-0.3, -0.25) is 14.2 Å². The Hall–Kier alpha value is -3.43. The Morgan fingerprint density at radius 3 is 2.61 bits per heavy atom. The molecule has 7 nitrogen and oxygen atoms in total. The minimum atomic E-state index is -0.298. The van der Waals surface area contributed by atoms with E-state index in [1.807, 2.05) is 31.2 Å². The molecule has 0 spiro atoms. The molecule has 0 atom stereocenters. The van der Waals surface area contributed by atoms with Gasteiger partial charge in [-0.1, -0.05) is 29.5 Å². The standard InChI is InChI=1S/C27H26N4O3S2/c1-16-7-11-19(12-8-16)31-26(34)24-21-5-3-4-6-22(21)36-25(24)28-27(31)35-15-23(33)30-29-17(2)18-9-13-20(32)14-10-18/h7-14,32H,3-6,15H2,1-2H3,(H,30,33)/b29-17-. The van der Waals surface area contributed by atoms with Crippen LogP contribution in [0, 0.1) is 6.92 Å². The van der Waals surface area contributed by atoms with Gasteiger partial charge in [-0.15, -0.1) is 11.3 Å². The molecule has 1 amide bonds. The average Bonchev–Trinajstić information content (AvgIpc) is 3.26. The third-order valence-corrected chi connectivity index (χ3v) is 8.34. The minimum absolute atomic E-state index is 0.0568. The predicted molar refractivity (Wildman–Crippen MR) is 146 cm³/mol.